The molecule has 2 amide bonds. The van der Waals surface area contributed by atoms with E-state index in [-0.39, 0.29) is 63.9 Å². The van der Waals surface area contributed by atoms with Crippen LogP contribution in [0.15, 0.2) is 34.1 Å². The molecule has 2 saturated carbocycles. The van der Waals surface area contributed by atoms with Gasteiger partial charge in [0.25, 0.3) is 0 Å². The first kappa shape index (κ1) is 26.6. The fourth-order valence-electron chi connectivity index (χ4n) is 7.88. The van der Waals surface area contributed by atoms with Crippen molar-refractivity contribution in [1.29, 1.82) is 0 Å². The second kappa shape index (κ2) is 10.4. The van der Waals surface area contributed by atoms with Gasteiger partial charge in [-0.05, 0) is 68.6 Å². The summed E-state index contributed by atoms with van der Waals surface area (Å²) in [5.41, 5.74) is 2.35. The van der Waals surface area contributed by atoms with Crippen LogP contribution in [0.3, 0.4) is 0 Å². The van der Waals surface area contributed by atoms with Crippen LogP contribution in [0.25, 0.3) is 0 Å². The van der Waals surface area contributed by atoms with Crippen molar-refractivity contribution in [2.24, 2.45) is 29.6 Å². The number of benzene rings is 1. The number of imide groups is 1. The zero-order valence-electron chi connectivity index (χ0n) is 22.3. The Morgan fingerprint density at radius 2 is 1.72 bits per heavy atom. The molecule has 2 aromatic rings. The highest BCUT2D eigenvalue weighted by atomic mass is 32.2. The summed E-state index contributed by atoms with van der Waals surface area (Å²) in [4.78, 5) is 58.3. The van der Waals surface area contributed by atoms with Gasteiger partial charge in [-0.15, -0.1) is 11.8 Å². The van der Waals surface area contributed by atoms with Crippen LogP contribution < -0.4 is 9.77 Å². The third kappa shape index (κ3) is 4.34. The molecule has 3 heterocycles. The number of carbonyl (C=O) groups excluding carboxylic acids is 2. The average Bonchev–Trinajstić information content (AvgIpc) is 3.65. The summed E-state index contributed by atoms with van der Waals surface area (Å²) < 4.78 is 0. The van der Waals surface area contributed by atoms with E-state index in [9.17, 15) is 19.2 Å². The van der Waals surface area contributed by atoms with E-state index in [1.807, 2.05) is 0 Å². The van der Waals surface area contributed by atoms with Crippen LogP contribution in [0.5, 0.6) is 0 Å². The summed E-state index contributed by atoms with van der Waals surface area (Å²) in [6.45, 7) is 6.54. The van der Waals surface area contributed by atoms with Crippen molar-refractivity contribution in [2.45, 2.75) is 62.1 Å². The molecule has 1 aromatic carbocycles. The molecule has 7 atom stereocenters. The maximum Gasteiger partial charge on any atom is 0.305 e. The molecule has 8 nitrogen and oxygen atoms in total. The monoisotopic (exact) mass is 569 g/mol. The Bertz CT molecular complexity index is 1330. The highest BCUT2D eigenvalue weighted by Crippen LogP contribution is 2.68. The number of aromatic amines is 1. The zero-order valence-corrected chi connectivity index (χ0v) is 23.9. The standard InChI is InChI=1S/C29H35N3O5S2/c1-3-31(4-2)16-11-9-15(10-12-16)20-21-17-14-18(24(21)38-26-25(20)39-29(37)30-26)23-22(17)27(35)32(28(23)36)13-7-5-6-8-19(33)34/h9-12,17-18,20-24H,3-8,13-14H2,1-2H3,(H,30,37)(H,33,34)/t17?,18?,20-,21?,22?,23?,24?/m1/s1. The van der Waals surface area contributed by atoms with E-state index in [2.05, 4.69) is 48.0 Å². The van der Waals surface area contributed by atoms with Crippen molar-refractivity contribution in [2.75, 3.05) is 24.5 Å². The topological polar surface area (TPSA) is 111 Å². The van der Waals surface area contributed by atoms with Crippen molar-refractivity contribution >= 4 is 46.6 Å². The van der Waals surface area contributed by atoms with Crippen molar-refractivity contribution in [3.8, 4) is 0 Å². The molecule has 2 bridgehead atoms. The number of unbranched alkanes of at least 4 members (excludes halogenated alkanes) is 2. The fraction of sp³-hybridized carbons (Fsp3) is 0.586. The molecule has 4 aliphatic rings. The van der Waals surface area contributed by atoms with Crippen LogP contribution in [0.2, 0.25) is 0 Å². The van der Waals surface area contributed by atoms with Gasteiger partial charge in [-0.2, -0.15) is 0 Å². The molecule has 10 heteroatoms. The first-order valence-electron chi connectivity index (χ1n) is 14.2. The number of hydrogen-bond donors (Lipinski definition) is 2. The van der Waals surface area contributed by atoms with E-state index in [0.29, 0.717) is 25.8 Å². The highest BCUT2D eigenvalue weighted by Gasteiger charge is 2.69. The number of carboxylic acids is 1. The molecule has 208 valence electrons. The number of rotatable bonds is 10. The summed E-state index contributed by atoms with van der Waals surface area (Å²) in [5, 5.41) is 9.99. The predicted octanol–water partition coefficient (Wildman–Crippen LogP) is 4.40. The van der Waals surface area contributed by atoms with Crippen LogP contribution in [0.4, 0.5) is 5.69 Å². The van der Waals surface area contributed by atoms with Crippen molar-refractivity contribution in [3.05, 3.63) is 44.4 Å². The average molecular weight is 570 g/mol. The number of hydrogen-bond acceptors (Lipinski definition) is 7. The number of fused-ring (bicyclic) bond motifs is 9. The number of anilines is 1. The van der Waals surface area contributed by atoms with Gasteiger partial charge in [0.1, 0.15) is 0 Å². The van der Waals surface area contributed by atoms with Gasteiger partial charge in [-0.25, -0.2) is 0 Å². The van der Waals surface area contributed by atoms with E-state index >= 15 is 0 Å². The highest BCUT2D eigenvalue weighted by molar-refractivity contribution is 8.00. The number of thiazole rings is 1. The van der Waals surface area contributed by atoms with Crippen molar-refractivity contribution < 1.29 is 19.5 Å². The first-order valence-corrected chi connectivity index (χ1v) is 15.8. The summed E-state index contributed by atoms with van der Waals surface area (Å²) in [7, 11) is 0. The first-order chi connectivity index (χ1) is 18.8. The Labute approximate surface area is 236 Å². The molecular formula is C29H35N3O5S2. The van der Waals surface area contributed by atoms with E-state index in [1.165, 1.54) is 27.5 Å². The van der Waals surface area contributed by atoms with Crippen LogP contribution >= 0.6 is 23.1 Å². The summed E-state index contributed by atoms with van der Waals surface area (Å²) in [5.74, 6) is -0.979. The summed E-state index contributed by atoms with van der Waals surface area (Å²) in [6.07, 6.45) is 2.88. The largest absolute Gasteiger partial charge is 0.481 e. The number of carboxylic acid groups (broad SMARTS) is 1. The number of aliphatic carboxylic acids is 1. The van der Waals surface area contributed by atoms with Gasteiger partial charge in [0, 0.05) is 47.8 Å². The molecule has 6 unspecified atom stereocenters. The van der Waals surface area contributed by atoms with Gasteiger partial charge >= 0.3 is 10.8 Å². The maximum absolute atomic E-state index is 13.7. The summed E-state index contributed by atoms with van der Waals surface area (Å²) in [6, 6.07) is 8.71. The minimum Gasteiger partial charge on any atom is -0.481 e. The third-order valence-corrected chi connectivity index (χ3v) is 12.1. The Morgan fingerprint density at radius 3 is 2.38 bits per heavy atom. The molecule has 1 aromatic heterocycles. The Kier molecular flexibility index (Phi) is 7.12. The van der Waals surface area contributed by atoms with Crippen molar-refractivity contribution in [1.82, 2.24) is 9.88 Å². The summed E-state index contributed by atoms with van der Waals surface area (Å²) >= 11 is 3.00. The van der Waals surface area contributed by atoms with Gasteiger partial charge in [0.2, 0.25) is 11.8 Å². The number of nitrogens with one attached hydrogen (secondary N) is 1. The number of thioether (sulfide) groups is 1. The maximum atomic E-state index is 13.7. The molecule has 0 radical (unpaired) electrons. The zero-order chi connectivity index (χ0) is 27.4. The third-order valence-electron chi connectivity index (χ3n) is 9.47. The smallest absolute Gasteiger partial charge is 0.305 e. The molecule has 6 rings (SSSR count). The van der Waals surface area contributed by atoms with Gasteiger partial charge in [-0.3, -0.25) is 24.1 Å². The minimum absolute atomic E-state index is 0.0323. The lowest BCUT2D eigenvalue weighted by molar-refractivity contribution is -0.141. The number of likely N-dealkylation sites (tertiary alicyclic amines) is 1. The number of nitrogens with zero attached hydrogens (tertiary/aromatic N) is 2. The quantitative estimate of drug-likeness (QED) is 0.322. The molecule has 0 spiro atoms. The molecular weight excluding hydrogens is 534 g/mol. The fourth-order valence-corrected chi connectivity index (χ4v) is 10.8. The van der Waals surface area contributed by atoms with Crippen LogP contribution in [-0.4, -0.2) is 57.7 Å². The Balaban J connectivity index is 1.28. The van der Waals surface area contributed by atoms with E-state index in [0.717, 1.165) is 29.4 Å². The number of H-pyrrole nitrogens is 1. The van der Waals surface area contributed by atoms with E-state index in [1.54, 1.807) is 11.8 Å². The lowest BCUT2D eigenvalue weighted by atomic mass is 9.68. The number of amides is 2. The Hall–Kier alpha value is -2.59. The van der Waals surface area contributed by atoms with Crippen molar-refractivity contribution in [3.63, 3.8) is 0 Å². The molecule has 39 heavy (non-hydrogen) atoms. The van der Waals surface area contributed by atoms with E-state index < -0.39 is 5.97 Å². The van der Waals surface area contributed by atoms with E-state index in [4.69, 9.17) is 5.11 Å². The second-order valence-electron chi connectivity index (χ2n) is 11.3. The van der Waals surface area contributed by atoms with Crippen LogP contribution in [0, 0.1) is 29.6 Å². The Morgan fingerprint density at radius 1 is 1.03 bits per heavy atom. The SMILES string of the molecule is CCN(CC)c1ccc([C@H]2c3sc(=O)[nH]c3SC3C4CC(C5C(=O)N(CCCCCC(=O)O)C(=O)C45)C32)cc1. The molecule has 2 aliphatic heterocycles. The normalized spacial score (nSPS) is 30.4. The number of carbonyl (C=O) groups is 3. The number of aromatic nitrogens is 1. The second-order valence-corrected chi connectivity index (χ2v) is 13.5. The predicted molar refractivity (Wildman–Crippen MR) is 151 cm³/mol. The molecule has 3 fully saturated rings. The minimum atomic E-state index is -0.818. The lowest BCUT2D eigenvalue weighted by Gasteiger charge is -2.43. The van der Waals surface area contributed by atoms with Gasteiger partial charge < -0.3 is 15.0 Å². The molecule has 2 aliphatic carbocycles. The lowest BCUT2D eigenvalue weighted by Crippen LogP contribution is -2.42. The van der Waals surface area contributed by atoms with Gasteiger partial charge in [0.05, 0.1) is 16.9 Å². The van der Waals surface area contributed by atoms with Gasteiger partial charge in [0.15, 0.2) is 0 Å². The van der Waals surface area contributed by atoms with Gasteiger partial charge in [-0.1, -0.05) is 29.9 Å². The molecule has 1 saturated heterocycles. The van der Waals surface area contributed by atoms with Crippen LogP contribution in [-0.2, 0) is 14.4 Å². The van der Waals surface area contributed by atoms with Crippen LogP contribution in [0.1, 0.15) is 62.3 Å². The molecule has 2 N–H and O–H groups in total.